The van der Waals surface area contributed by atoms with Gasteiger partial charge < -0.3 is 9.84 Å². The fraction of sp³-hybridized carbons (Fsp3) is 0.636. The molecule has 0 aliphatic carbocycles. The zero-order chi connectivity index (χ0) is 11.4. The summed E-state index contributed by atoms with van der Waals surface area (Å²) >= 11 is 1.84. The van der Waals surface area contributed by atoms with Crippen LogP contribution in [0.2, 0.25) is 0 Å². The monoisotopic (exact) mass is 239 g/mol. The number of rotatable bonds is 4. The van der Waals surface area contributed by atoms with Crippen molar-refractivity contribution in [1.29, 1.82) is 0 Å². The molecule has 1 atom stereocenters. The molecule has 0 bridgehead atoms. The van der Waals surface area contributed by atoms with Gasteiger partial charge in [-0.25, -0.2) is 0 Å². The Kier molecular flexibility index (Phi) is 3.88. The van der Waals surface area contributed by atoms with Crippen molar-refractivity contribution in [2.45, 2.75) is 32.1 Å². The van der Waals surface area contributed by atoms with Crippen LogP contribution in [0, 0.1) is 5.92 Å². The minimum Gasteiger partial charge on any atom is -0.364 e. The molecule has 0 amide bonds. The molecule has 5 heteroatoms. The van der Waals surface area contributed by atoms with E-state index < -0.39 is 0 Å². The minimum absolute atomic E-state index is 0.639. The van der Waals surface area contributed by atoms with Gasteiger partial charge in [-0.2, -0.15) is 0 Å². The summed E-state index contributed by atoms with van der Waals surface area (Å²) in [6, 6.07) is 1.86. The number of hydrogen-bond donors (Lipinski definition) is 1. The summed E-state index contributed by atoms with van der Waals surface area (Å²) in [6.07, 6.45) is 2.81. The zero-order valence-electron chi connectivity index (χ0n) is 9.64. The summed E-state index contributed by atoms with van der Waals surface area (Å²) < 4.78 is 4.77. The van der Waals surface area contributed by atoms with Crippen molar-refractivity contribution in [1.82, 2.24) is 10.5 Å². The summed E-state index contributed by atoms with van der Waals surface area (Å²) in [6.45, 7) is 6.13. The molecule has 88 valence electrons. The minimum atomic E-state index is 0.639. The molecule has 1 N–H and O–H groups in total. The first kappa shape index (κ1) is 11.5. The van der Waals surface area contributed by atoms with Crippen molar-refractivity contribution in [2.24, 2.45) is 10.9 Å². The third kappa shape index (κ3) is 3.27. The first-order valence-corrected chi connectivity index (χ1v) is 6.46. The number of nitrogens with one attached hydrogen (secondary N) is 1. The molecule has 1 aliphatic heterocycles. The van der Waals surface area contributed by atoms with E-state index in [0.717, 1.165) is 23.3 Å². The molecule has 0 saturated heterocycles. The van der Waals surface area contributed by atoms with E-state index >= 15 is 0 Å². The standard InChI is InChI=1S/C11H17N3OS/c1-8(2)5-10-7-13-11(16-10)12-6-9-3-4-15-14-9/h3-4,8,10H,5-7H2,1-2H3,(H,12,13). The Morgan fingerprint density at radius 3 is 3.19 bits per heavy atom. The Hall–Kier alpha value is -0.970. The second kappa shape index (κ2) is 5.39. The Labute approximate surface area is 99.9 Å². The Bertz CT molecular complexity index is 348. The lowest BCUT2D eigenvalue weighted by Crippen LogP contribution is -2.19. The van der Waals surface area contributed by atoms with Crippen LogP contribution in [0.1, 0.15) is 26.0 Å². The summed E-state index contributed by atoms with van der Waals surface area (Å²) in [4.78, 5) is 4.48. The first-order valence-electron chi connectivity index (χ1n) is 5.58. The van der Waals surface area contributed by atoms with Crippen LogP contribution in [0.15, 0.2) is 21.8 Å². The largest absolute Gasteiger partial charge is 0.364 e. The van der Waals surface area contributed by atoms with E-state index in [1.807, 2.05) is 17.8 Å². The third-order valence-electron chi connectivity index (χ3n) is 2.36. The molecule has 2 heterocycles. The van der Waals surface area contributed by atoms with Crippen molar-refractivity contribution in [3.63, 3.8) is 0 Å². The molecule has 1 aromatic heterocycles. The average Bonchev–Trinajstić information content (AvgIpc) is 2.84. The number of aromatic nitrogens is 1. The van der Waals surface area contributed by atoms with Gasteiger partial charge in [0.15, 0.2) is 5.17 Å². The van der Waals surface area contributed by atoms with Crippen LogP contribution in [0.5, 0.6) is 0 Å². The molecule has 0 saturated carbocycles. The highest BCUT2D eigenvalue weighted by atomic mass is 32.2. The van der Waals surface area contributed by atoms with Crippen molar-refractivity contribution >= 4 is 16.9 Å². The maximum absolute atomic E-state index is 4.77. The Morgan fingerprint density at radius 2 is 2.50 bits per heavy atom. The molecule has 0 fully saturated rings. The van der Waals surface area contributed by atoms with E-state index in [9.17, 15) is 0 Å². The van der Waals surface area contributed by atoms with Crippen molar-refractivity contribution in [3.8, 4) is 0 Å². The normalized spacial score (nSPS) is 20.2. The van der Waals surface area contributed by atoms with Crippen LogP contribution in [-0.4, -0.2) is 22.1 Å². The number of thioether (sulfide) groups is 1. The fourth-order valence-electron chi connectivity index (χ4n) is 1.66. The van der Waals surface area contributed by atoms with Gasteiger partial charge in [-0.3, -0.25) is 4.99 Å². The average molecular weight is 239 g/mol. The van der Waals surface area contributed by atoms with E-state index in [0.29, 0.717) is 11.8 Å². The number of amidine groups is 1. The highest BCUT2D eigenvalue weighted by molar-refractivity contribution is 8.14. The molecule has 0 aromatic carbocycles. The molecule has 2 rings (SSSR count). The third-order valence-corrected chi connectivity index (χ3v) is 3.53. The van der Waals surface area contributed by atoms with Crippen molar-refractivity contribution in [3.05, 3.63) is 18.0 Å². The van der Waals surface area contributed by atoms with E-state index in [1.54, 1.807) is 6.26 Å². The van der Waals surface area contributed by atoms with Crippen LogP contribution in [-0.2, 0) is 6.54 Å². The van der Waals surface area contributed by atoms with Gasteiger partial charge in [0.05, 0.1) is 13.1 Å². The summed E-state index contributed by atoms with van der Waals surface area (Å²) in [7, 11) is 0. The molecule has 16 heavy (non-hydrogen) atoms. The lowest BCUT2D eigenvalue weighted by Gasteiger charge is -2.10. The molecular formula is C11H17N3OS. The lowest BCUT2D eigenvalue weighted by molar-refractivity contribution is 0.411. The number of hydrogen-bond acceptors (Lipinski definition) is 5. The molecule has 1 aliphatic rings. The van der Waals surface area contributed by atoms with Crippen molar-refractivity contribution in [2.75, 3.05) is 6.54 Å². The molecule has 0 radical (unpaired) electrons. The van der Waals surface area contributed by atoms with Crippen LogP contribution in [0.3, 0.4) is 0 Å². The fourth-order valence-corrected chi connectivity index (χ4v) is 2.91. The van der Waals surface area contributed by atoms with Gasteiger partial charge >= 0.3 is 0 Å². The van der Waals surface area contributed by atoms with Gasteiger partial charge in [0.1, 0.15) is 12.0 Å². The van der Waals surface area contributed by atoms with E-state index in [1.165, 1.54) is 6.42 Å². The van der Waals surface area contributed by atoms with Gasteiger partial charge in [0.2, 0.25) is 0 Å². The SMILES string of the molecule is CC(C)CC1CN=C(NCc2ccon2)S1. The molecule has 1 aromatic rings. The van der Waals surface area contributed by atoms with E-state index in [-0.39, 0.29) is 0 Å². The lowest BCUT2D eigenvalue weighted by atomic mass is 10.1. The van der Waals surface area contributed by atoms with Crippen LogP contribution >= 0.6 is 11.8 Å². The molecule has 1 unspecified atom stereocenters. The molecule has 4 nitrogen and oxygen atoms in total. The van der Waals surface area contributed by atoms with Crippen LogP contribution in [0.4, 0.5) is 0 Å². The summed E-state index contributed by atoms with van der Waals surface area (Å²) in [5.74, 6) is 0.739. The van der Waals surface area contributed by atoms with E-state index in [4.69, 9.17) is 4.52 Å². The van der Waals surface area contributed by atoms with Gasteiger partial charge in [-0.05, 0) is 12.3 Å². The van der Waals surface area contributed by atoms with Crippen molar-refractivity contribution < 1.29 is 4.52 Å². The summed E-state index contributed by atoms with van der Waals surface area (Å²) in [5.41, 5.74) is 0.913. The van der Waals surface area contributed by atoms with Gasteiger partial charge in [0.25, 0.3) is 0 Å². The maximum Gasteiger partial charge on any atom is 0.157 e. The second-order valence-corrected chi connectivity index (χ2v) is 5.65. The van der Waals surface area contributed by atoms with Gasteiger partial charge in [-0.15, -0.1) is 0 Å². The van der Waals surface area contributed by atoms with Crippen LogP contribution in [0.25, 0.3) is 0 Å². The Morgan fingerprint density at radius 1 is 1.62 bits per heavy atom. The number of nitrogens with zero attached hydrogens (tertiary/aromatic N) is 2. The number of aliphatic imine (C=N–C) groups is 1. The predicted octanol–water partition coefficient (Wildman–Crippen LogP) is 2.28. The first-order chi connectivity index (χ1) is 7.74. The maximum atomic E-state index is 4.77. The second-order valence-electron chi connectivity index (χ2n) is 4.36. The smallest absolute Gasteiger partial charge is 0.157 e. The predicted molar refractivity (Wildman–Crippen MR) is 66.5 cm³/mol. The quantitative estimate of drug-likeness (QED) is 0.875. The zero-order valence-corrected chi connectivity index (χ0v) is 10.5. The van der Waals surface area contributed by atoms with Gasteiger partial charge in [0, 0.05) is 11.3 Å². The topological polar surface area (TPSA) is 50.4 Å². The highest BCUT2D eigenvalue weighted by Crippen LogP contribution is 2.25. The summed E-state index contributed by atoms with van der Waals surface area (Å²) in [5, 5.41) is 8.80. The molecular weight excluding hydrogens is 222 g/mol. The van der Waals surface area contributed by atoms with E-state index in [2.05, 4.69) is 29.3 Å². The van der Waals surface area contributed by atoms with Crippen LogP contribution < -0.4 is 5.32 Å². The highest BCUT2D eigenvalue weighted by Gasteiger charge is 2.20. The van der Waals surface area contributed by atoms with Gasteiger partial charge in [-0.1, -0.05) is 30.8 Å². The Balaban J connectivity index is 1.72. The molecule has 0 spiro atoms.